The van der Waals surface area contributed by atoms with Crippen molar-refractivity contribution in [1.82, 2.24) is 9.47 Å². The third-order valence-corrected chi connectivity index (χ3v) is 4.19. The first-order valence-electron chi connectivity index (χ1n) is 7.29. The van der Waals surface area contributed by atoms with E-state index in [0.29, 0.717) is 5.56 Å². The number of aliphatic hydroxyl groups is 1. The topological polar surface area (TPSA) is 45.5 Å². The van der Waals surface area contributed by atoms with E-state index < -0.39 is 12.2 Å². The number of fused-ring (bicyclic) bond motifs is 1. The summed E-state index contributed by atoms with van der Waals surface area (Å²) in [7, 11) is 0. The van der Waals surface area contributed by atoms with E-state index >= 15 is 0 Å². The lowest BCUT2D eigenvalue weighted by Crippen LogP contribution is -2.37. The van der Waals surface area contributed by atoms with Crippen molar-refractivity contribution >= 4 is 16.8 Å². The number of aryl methyl sites for hydroxylation is 1. The van der Waals surface area contributed by atoms with Crippen LogP contribution in [-0.2, 0) is 6.54 Å². The van der Waals surface area contributed by atoms with Crippen LogP contribution in [0.3, 0.4) is 0 Å². The number of para-hydroxylation sites is 1. The lowest BCUT2D eigenvalue weighted by atomic mass is 10.1. The third-order valence-electron chi connectivity index (χ3n) is 4.19. The molecule has 0 radical (unpaired) electrons. The van der Waals surface area contributed by atoms with Gasteiger partial charge in [0.15, 0.2) is 0 Å². The van der Waals surface area contributed by atoms with Crippen LogP contribution >= 0.6 is 0 Å². The van der Waals surface area contributed by atoms with Gasteiger partial charge in [-0.1, -0.05) is 18.2 Å². The van der Waals surface area contributed by atoms with Crippen LogP contribution in [0.5, 0.6) is 0 Å². The molecule has 112 valence electrons. The maximum Gasteiger partial charge on any atom is 0.256 e. The van der Waals surface area contributed by atoms with Gasteiger partial charge in [-0.2, -0.15) is 0 Å². The minimum atomic E-state index is -1.05. The van der Waals surface area contributed by atoms with E-state index in [2.05, 4.69) is 0 Å². The van der Waals surface area contributed by atoms with Crippen LogP contribution in [0.25, 0.3) is 10.9 Å². The Balaban J connectivity index is 2.02. The lowest BCUT2D eigenvalue weighted by molar-refractivity contribution is 0.0674. The number of hydrogen-bond donors (Lipinski definition) is 1. The number of hydrogen-bond acceptors (Lipinski definition) is 2. The van der Waals surface area contributed by atoms with E-state index in [0.717, 1.165) is 17.4 Å². The summed E-state index contributed by atoms with van der Waals surface area (Å²) < 4.78 is 15.6. The number of aromatic nitrogens is 1. The molecule has 2 atom stereocenters. The predicted octanol–water partition coefficient (Wildman–Crippen LogP) is 2.21. The van der Waals surface area contributed by atoms with Crippen LogP contribution < -0.4 is 0 Å². The fourth-order valence-corrected chi connectivity index (χ4v) is 3.11. The highest BCUT2D eigenvalue weighted by Gasteiger charge is 2.36. The molecule has 1 N–H and O–H groups in total. The fourth-order valence-electron chi connectivity index (χ4n) is 3.11. The second kappa shape index (κ2) is 5.48. The summed E-state index contributed by atoms with van der Waals surface area (Å²) in [5, 5.41) is 10.2. The van der Waals surface area contributed by atoms with Crippen LogP contribution in [0, 0.1) is 0 Å². The van der Waals surface area contributed by atoms with E-state index in [1.807, 2.05) is 42.0 Å². The minimum Gasteiger partial charge on any atom is -0.394 e. The first-order valence-corrected chi connectivity index (χ1v) is 7.29. The molecule has 1 aromatic carbocycles. The zero-order valence-electron chi connectivity index (χ0n) is 12.0. The molecule has 5 heteroatoms. The molecule has 1 saturated heterocycles. The Bertz CT molecular complexity index is 667. The van der Waals surface area contributed by atoms with Crippen LogP contribution in [0.4, 0.5) is 4.39 Å². The van der Waals surface area contributed by atoms with Crippen molar-refractivity contribution < 1.29 is 14.3 Å². The monoisotopic (exact) mass is 290 g/mol. The molecule has 4 nitrogen and oxygen atoms in total. The van der Waals surface area contributed by atoms with Crippen molar-refractivity contribution in [2.45, 2.75) is 32.1 Å². The van der Waals surface area contributed by atoms with E-state index in [9.17, 15) is 14.3 Å². The van der Waals surface area contributed by atoms with Gasteiger partial charge < -0.3 is 14.6 Å². The summed E-state index contributed by atoms with van der Waals surface area (Å²) in [4.78, 5) is 14.2. The van der Waals surface area contributed by atoms with Crippen molar-refractivity contribution in [3.05, 3.63) is 36.0 Å². The Morgan fingerprint density at radius 2 is 2.19 bits per heavy atom. The first-order chi connectivity index (χ1) is 10.2. The van der Waals surface area contributed by atoms with E-state index in [4.69, 9.17) is 0 Å². The minimum absolute atomic E-state index is 0.0652. The third kappa shape index (κ3) is 2.31. The maximum atomic E-state index is 13.6. The predicted molar refractivity (Wildman–Crippen MR) is 79.0 cm³/mol. The summed E-state index contributed by atoms with van der Waals surface area (Å²) in [6.07, 6.45) is 0.993. The molecular formula is C16H19FN2O2. The number of aliphatic hydroxyl groups excluding tert-OH is 1. The SMILES string of the molecule is CCn1cc(C(=O)N2C[C@@H](F)C[C@H]2CO)c2ccccc21. The van der Waals surface area contributed by atoms with Crippen LogP contribution in [-0.4, -0.2) is 45.8 Å². The highest BCUT2D eigenvalue weighted by Crippen LogP contribution is 2.27. The Hall–Kier alpha value is -1.88. The molecule has 1 aliphatic rings. The normalized spacial score (nSPS) is 22.1. The molecule has 0 bridgehead atoms. The average Bonchev–Trinajstić information content (AvgIpc) is 3.07. The van der Waals surface area contributed by atoms with E-state index in [1.165, 1.54) is 4.90 Å². The van der Waals surface area contributed by atoms with Gasteiger partial charge in [0.1, 0.15) is 6.17 Å². The highest BCUT2D eigenvalue weighted by molar-refractivity contribution is 6.07. The van der Waals surface area contributed by atoms with Crippen LogP contribution in [0.2, 0.25) is 0 Å². The summed E-state index contributed by atoms with van der Waals surface area (Å²) in [6.45, 7) is 2.65. The maximum absolute atomic E-state index is 13.6. The van der Waals surface area contributed by atoms with Crippen molar-refractivity contribution in [2.75, 3.05) is 13.2 Å². The molecule has 0 spiro atoms. The Labute approximate surface area is 122 Å². The summed E-state index contributed by atoms with van der Waals surface area (Å²) in [5.74, 6) is -0.197. The molecule has 0 saturated carbocycles. The molecule has 21 heavy (non-hydrogen) atoms. The Kier molecular flexibility index (Phi) is 3.68. The number of halogens is 1. The van der Waals surface area contributed by atoms with Gasteiger partial charge in [-0.3, -0.25) is 4.79 Å². The molecule has 1 aliphatic heterocycles. The zero-order valence-corrected chi connectivity index (χ0v) is 12.0. The molecule has 1 amide bonds. The largest absolute Gasteiger partial charge is 0.394 e. The van der Waals surface area contributed by atoms with Crippen molar-refractivity contribution in [1.29, 1.82) is 0 Å². The number of carbonyl (C=O) groups is 1. The second-order valence-electron chi connectivity index (χ2n) is 5.47. The smallest absolute Gasteiger partial charge is 0.256 e. The van der Waals surface area contributed by atoms with Gasteiger partial charge in [0.2, 0.25) is 0 Å². The number of rotatable bonds is 3. The zero-order chi connectivity index (χ0) is 15.0. The van der Waals surface area contributed by atoms with Crippen molar-refractivity contribution in [2.24, 2.45) is 0 Å². The number of amides is 1. The number of benzene rings is 1. The van der Waals surface area contributed by atoms with Gasteiger partial charge in [0.25, 0.3) is 5.91 Å². The van der Waals surface area contributed by atoms with Gasteiger partial charge in [-0.05, 0) is 13.0 Å². The molecule has 0 unspecified atom stereocenters. The van der Waals surface area contributed by atoms with Gasteiger partial charge in [-0.25, -0.2) is 4.39 Å². The van der Waals surface area contributed by atoms with Gasteiger partial charge >= 0.3 is 0 Å². The first kappa shape index (κ1) is 14.1. The van der Waals surface area contributed by atoms with Crippen LogP contribution in [0.15, 0.2) is 30.5 Å². The number of likely N-dealkylation sites (tertiary alicyclic amines) is 1. The number of alkyl halides is 1. The van der Waals surface area contributed by atoms with Gasteiger partial charge in [-0.15, -0.1) is 0 Å². The van der Waals surface area contributed by atoms with E-state index in [-0.39, 0.29) is 25.5 Å². The summed E-state index contributed by atoms with van der Waals surface area (Å²) in [6, 6.07) is 7.29. The molecule has 1 fully saturated rings. The molecule has 3 rings (SSSR count). The molecule has 0 aliphatic carbocycles. The average molecular weight is 290 g/mol. The summed E-state index contributed by atoms with van der Waals surface area (Å²) >= 11 is 0. The highest BCUT2D eigenvalue weighted by atomic mass is 19.1. The van der Waals surface area contributed by atoms with Crippen molar-refractivity contribution in [3.63, 3.8) is 0 Å². The van der Waals surface area contributed by atoms with Gasteiger partial charge in [0.05, 0.1) is 24.8 Å². The molecule has 2 aromatic rings. The van der Waals surface area contributed by atoms with Crippen molar-refractivity contribution in [3.8, 4) is 0 Å². The second-order valence-corrected chi connectivity index (χ2v) is 5.47. The summed E-state index contributed by atoms with van der Waals surface area (Å²) in [5.41, 5.74) is 1.58. The molecule has 2 heterocycles. The quantitative estimate of drug-likeness (QED) is 0.942. The standard InChI is InChI=1S/C16H19FN2O2/c1-2-18-9-14(13-5-3-4-6-15(13)18)16(21)19-8-11(17)7-12(19)10-20/h3-6,9,11-12,20H,2,7-8,10H2,1H3/t11-,12-/m0/s1. The van der Waals surface area contributed by atoms with E-state index in [1.54, 1.807) is 0 Å². The molecular weight excluding hydrogens is 271 g/mol. The van der Waals surface area contributed by atoms with Gasteiger partial charge in [0, 0.05) is 30.1 Å². The number of carbonyl (C=O) groups excluding carboxylic acids is 1. The van der Waals surface area contributed by atoms with Crippen LogP contribution in [0.1, 0.15) is 23.7 Å². The molecule has 1 aromatic heterocycles. The number of nitrogens with zero attached hydrogens (tertiary/aromatic N) is 2. The Morgan fingerprint density at radius 1 is 1.43 bits per heavy atom. The lowest BCUT2D eigenvalue weighted by Gasteiger charge is -2.22. The Morgan fingerprint density at radius 3 is 2.90 bits per heavy atom. The fraction of sp³-hybridized carbons (Fsp3) is 0.438.